The molecule has 1 atom stereocenters. The van der Waals surface area contributed by atoms with Crippen molar-refractivity contribution in [3.05, 3.63) is 27.8 Å². The number of nitrogens with two attached hydrogens (primary N) is 1. The van der Waals surface area contributed by atoms with E-state index in [2.05, 4.69) is 0 Å². The lowest BCUT2D eigenvalue weighted by Crippen LogP contribution is -2.35. The van der Waals surface area contributed by atoms with Crippen molar-refractivity contribution in [1.82, 2.24) is 0 Å². The van der Waals surface area contributed by atoms with Gasteiger partial charge in [0.15, 0.2) is 0 Å². The molecule has 4 heteroatoms. The van der Waals surface area contributed by atoms with Gasteiger partial charge in [-0.3, -0.25) is 0 Å². The van der Waals surface area contributed by atoms with Crippen molar-refractivity contribution < 1.29 is 14.3 Å². The summed E-state index contributed by atoms with van der Waals surface area (Å²) in [5.74, 6) is 0.538. The average molecular weight is 277 g/mol. The number of carbonyl (C=O) groups excluding carboxylic acids is 1. The van der Waals surface area contributed by atoms with Gasteiger partial charge in [0, 0.05) is 5.56 Å². The van der Waals surface area contributed by atoms with Crippen LogP contribution in [-0.4, -0.2) is 18.2 Å². The molecule has 1 heterocycles. The Morgan fingerprint density at radius 3 is 2.40 bits per heavy atom. The summed E-state index contributed by atoms with van der Waals surface area (Å²) in [6, 6.07) is -0.245. The molecule has 0 amide bonds. The van der Waals surface area contributed by atoms with Crippen LogP contribution in [0.5, 0.6) is 5.75 Å². The first kappa shape index (κ1) is 14.9. The Bertz CT molecular complexity index is 576. The minimum absolute atomic E-state index is 0.245. The first-order chi connectivity index (χ1) is 9.22. The van der Waals surface area contributed by atoms with Crippen LogP contribution in [0.1, 0.15) is 59.4 Å². The molecule has 1 unspecified atom stereocenters. The summed E-state index contributed by atoms with van der Waals surface area (Å²) >= 11 is 0. The summed E-state index contributed by atoms with van der Waals surface area (Å²) < 4.78 is 11.2. The lowest BCUT2D eigenvalue weighted by atomic mass is 9.87. The molecule has 0 aliphatic carbocycles. The van der Waals surface area contributed by atoms with E-state index in [0.29, 0.717) is 12.2 Å². The standard InChI is InChI=1S/C16H23NO3/c1-7-19-15(18)11-8(2)9(3)13-12(10(11)4)14(17)16(5,6)20-13/h14H,7,17H2,1-6H3. The van der Waals surface area contributed by atoms with Gasteiger partial charge in [-0.1, -0.05) is 0 Å². The Morgan fingerprint density at radius 1 is 1.25 bits per heavy atom. The van der Waals surface area contributed by atoms with Crippen LogP contribution in [0.15, 0.2) is 0 Å². The first-order valence-electron chi connectivity index (χ1n) is 6.97. The number of benzene rings is 1. The number of esters is 1. The Morgan fingerprint density at radius 2 is 1.85 bits per heavy atom. The predicted octanol–water partition coefficient (Wildman–Crippen LogP) is 2.96. The lowest BCUT2D eigenvalue weighted by molar-refractivity contribution is 0.0524. The number of rotatable bonds is 2. The fraction of sp³-hybridized carbons (Fsp3) is 0.562. The van der Waals surface area contributed by atoms with E-state index in [4.69, 9.17) is 15.2 Å². The number of hydrogen-bond donors (Lipinski definition) is 1. The highest BCUT2D eigenvalue weighted by Crippen LogP contribution is 2.47. The van der Waals surface area contributed by atoms with Crippen molar-refractivity contribution >= 4 is 5.97 Å². The van der Waals surface area contributed by atoms with Gasteiger partial charge in [0.05, 0.1) is 18.2 Å². The van der Waals surface area contributed by atoms with Gasteiger partial charge in [0.1, 0.15) is 11.4 Å². The second-order valence-electron chi connectivity index (χ2n) is 5.90. The highest BCUT2D eigenvalue weighted by Gasteiger charge is 2.42. The van der Waals surface area contributed by atoms with E-state index >= 15 is 0 Å². The second kappa shape index (κ2) is 4.77. The van der Waals surface area contributed by atoms with Gasteiger partial charge in [-0.05, 0) is 58.2 Å². The Hall–Kier alpha value is -1.55. The number of hydrogen-bond acceptors (Lipinski definition) is 4. The van der Waals surface area contributed by atoms with Crippen molar-refractivity contribution in [3.8, 4) is 5.75 Å². The van der Waals surface area contributed by atoms with E-state index in [1.165, 1.54) is 0 Å². The maximum Gasteiger partial charge on any atom is 0.338 e. The van der Waals surface area contributed by atoms with Gasteiger partial charge in [0.25, 0.3) is 0 Å². The molecule has 0 aromatic heterocycles. The molecule has 1 aromatic carbocycles. The van der Waals surface area contributed by atoms with Crippen LogP contribution in [0.2, 0.25) is 0 Å². The fourth-order valence-electron chi connectivity index (χ4n) is 2.84. The normalized spacial score (nSPS) is 19.4. The van der Waals surface area contributed by atoms with Gasteiger partial charge in [0.2, 0.25) is 0 Å². The Kier molecular flexibility index (Phi) is 3.54. The van der Waals surface area contributed by atoms with E-state index in [0.717, 1.165) is 28.0 Å². The SMILES string of the molecule is CCOC(=O)c1c(C)c(C)c2c(c1C)C(N)C(C)(C)O2. The molecule has 2 rings (SSSR count). The molecule has 0 radical (unpaired) electrons. The van der Waals surface area contributed by atoms with Gasteiger partial charge in [-0.25, -0.2) is 4.79 Å². The lowest BCUT2D eigenvalue weighted by Gasteiger charge is -2.23. The molecule has 0 bridgehead atoms. The molecule has 110 valence electrons. The van der Waals surface area contributed by atoms with E-state index < -0.39 is 5.60 Å². The van der Waals surface area contributed by atoms with Crippen molar-refractivity contribution in [2.75, 3.05) is 6.61 Å². The summed E-state index contributed by atoms with van der Waals surface area (Å²) in [7, 11) is 0. The summed E-state index contributed by atoms with van der Waals surface area (Å²) in [6.45, 7) is 11.9. The number of ether oxygens (including phenoxy) is 2. The molecule has 1 aliphatic rings. The van der Waals surface area contributed by atoms with Crippen molar-refractivity contribution in [2.45, 2.75) is 53.2 Å². The van der Waals surface area contributed by atoms with Crippen molar-refractivity contribution in [1.29, 1.82) is 0 Å². The van der Waals surface area contributed by atoms with Crippen LogP contribution >= 0.6 is 0 Å². The quantitative estimate of drug-likeness (QED) is 0.844. The van der Waals surface area contributed by atoms with Crippen molar-refractivity contribution in [3.63, 3.8) is 0 Å². The minimum atomic E-state index is -0.461. The summed E-state index contributed by atoms with van der Waals surface area (Å²) in [4.78, 5) is 12.2. The van der Waals surface area contributed by atoms with Gasteiger partial charge >= 0.3 is 5.97 Å². The molecule has 0 saturated heterocycles. The van der Waals surface area contributed by atoms with Crippen LogP contribution in [0.25, 0.3) is 0 Å². The van der Waals surface area contributed by atoms with Gasteiger partial charge in [-0.15, -0.1) is 0 Å². The third-order valence-electron chi connectivity index (χ3n) is 4.21. The molecular formula is C16H23NO3. The topological polar surface area (TPSA) is 61.5 Å². The number of fused-ring (bicyclic) bond motifs is 1. The highest BCUT2D eigenvalue weighted by atomic mass is 16.5. The van der Waals surface area contributed by atoms with Crippen LogP contribution in [0.3, 0.4) is 0 Å². The number of carbonyl (C=O) groups is 1. The van der Waals surface area contributed by atoms with E-state index in [-0.39, 0.29) is 12.0 Å². The molecule has 1 aromatic rings. The zero-order valence-corrected chi connectivity index (χ0v) is 13.1. The minimum Gasteiger partial charge on any atom is -0.485 e. The van der Waals surface area contributed by atoms with E-state index in [9.17, 15) is 4.79 Å². The Labute approximate surface area is 120 Å². The fourth-order valence-corrected chi connectivity index (χ4v) is 2.84. The molecule has 0 saturated carbocycles. The largest absolute Gasteiger partial charge is 0.485 e. The Balaban J connectivity index is 2.69. The molecule has 20 heavy (non-hydrogen) atoms. The molecular weight excluding hydrogens is 254 g/mol. The molecule has 4 nitrogen and oxygen atoms in total. The summed E-state index contributed by atoms with van der Waals surface area (Å²) in [6.07, 6.45) is 0. The summed E-state index contributed by atoms with van der Waals surface area (Å²) in [5, 5.41) is 0. The van der Waals surface area contributed by atoms with Crippen LogP contribution in [0, 0.1) is 20.8 Å². The van der Waals surface area contributed by atoms with Gasteiger partial charge < -0.3 is 15.2 Å². The zero-order valence-electron chi connectivity index (χ0n) is 13.1. The van der Waals surface area contributed by atoms with E-state index in [1.54, 1.807) is 6.92 Å². The monoisotopic (exact) mass is 277 g/mol. The van der Waals surface area contributed by atoms with Crippen LogP contribution in [-0.2, 0) is 4.74 Å². The molecule has 0 spiro atoms. The van der Waals surface area contributed by atoms with Crippen molar-refractivity contribution in [2.24, 2.45) is 5.73 Å². The molecule has 1 aliphatic heterocycles. The van der Waals surface area contributed by atoms with Crippen LogP contribution in [0.4, 0.5) is 0 Å². The maximum atomic E-state index is 12.2. The third-order valence-corrected chi connectivity index (χ3v) is 4.21. The third kappa shape index (κ3) is 1.99. The first-order valence-corrected chi connectivity index (χ1v) is 6.97. The average Bonchev–Trinajstić information content (AvgIpc) is 2.59. The molecule has 0 fully saturated rings. The smallest absolute Gasteiger partial charge is 0.338 e. The highest BCUT2D eigenvalue weighted by molar-refractivity contribution is 5.94. The maximum absolute atomic E-state index is 12.2. The van der Waals surface area contributed by atoms with Crippen LogP contribution < -0.4 is 10.5 Å². The molecule has 2 N–H and O–H groups in total. The summed E-state index contributed by atoms with van der Waals surface area (Å²) in [5.41, 5.74) is 10.2. The predicted molar refractivity (Wildman–Crippen MR) is 78.2 cm³/mol. The van der Waals surface area contributed by atoms with Gasteiger partial charge in [-0.2, -0.15) is 0 Å². The second-order valence-corrected chi connectivity index (χ2v) is 5.90. The zero-order chi connectivity index (χ0) is 15.2. The van der Waals surface area contributed by atoms with E-state index in [1.807, 2.05) is 34.6 Å².